The van der Waals surface area contributed by atoms with Crippen LogP contribution >= 0.6 is 0 Å². The second-order valence-electron chi connectivity index (χ2n) is 6.41. The molecule has 18 heavy (non-hydrogen) atoms. The summed E-state index contributed by atoms with van der Waals surface area (Å²) in [5.41, 5.74) is 0. The van der Waals surface area contributed by atoms with Gasteiger partial charge >= 0.3 is 0 Å². The van der Waals surface area contributed by atoms with E-state index < -0.39 is 0 Å². The first-order valence-electron chi connectivity index (χ1n) is 7.83. The van der Waals surface area contributed by atoms with Gasteiger partial charge in [-0.15, -0.1) is 0 Å². The van der Waals surface area contributed by atoms with Crippen molar-refractivity contribution in [2.75, 3.05) is 6.54 Å². The average molecular weight is 250 g/mol. The Bertz CT molecular complexity index is 314. The number of carbonyl (C=O) groups is 1. The number of carbonyl (C=O) groups excluding carboxylic acids is 1. The van der Waals surface area contributed by atoms with E-state index in [2.05, 4.69) is 17.1 Å². The van der Waals surface area contributed by atoms with Crippen LogP contribution in [0.2, 0.25) is 0 Å². The minimum Gasteiger partial charge on any atom is -0.338 e. The van der Waals surface area contributed by atoms with Gasteiger partial charge in [-0.25, -0.2) is 0 Å². The van der Waals surface area contributed by atoms with E-state index in [0.29, 0.717) is 24.0 Å². The highest BCUT2D eigenvalue weighted by atomic mass is 16.2. The van der Waals surface area contributed by atoms with E-state index in [-0.39, 0.29) is 0 Å². The SMILES string of the molecule is CCC(CC1CC1)NC1CC(=O)N2CCCCC12. The molecule has 102 valence electrons. The number of amides is 1. The van der Waals surface area contributed by atoms with Crippen molar-refractivity contribution in [3.63, 3.8) is 0 Å². The summed E-state index contributed by atoms with van der Waals surface area (Å²) in [5.74, 6) is 1.36. The van der Waals surface area contributed by atoms with Gasteiger partial charge < -0.3 is 10.2 Å². The number of rotatable bonds is 5. The molecule has 3 heteroatoms. The number of fused-ring (bicyclic) bond motifs is 1. The second kappa shape index (κ2) is 5.20. The quantitative estimate of drug-likeness (QED) is 0.812. The zero-order chi connectivity index (χ0) is 12.5. The van der Waals surface area contributed by atoms with Crippen LogP contribution in [0.25, 0.3) is 0 Å². The maximum Gasteiger partial charge on any atom is 0.224 e. The normalized spacial score (nSPS) is 33.6. The van der Waals surface area contributed by atoms with Crippen LogP contribution in [-0.2, 0) is 4.79 Å². The fourth-order valence-corrected chi connectivity index (χ4v) is 3.71. The monoisotopic (exact) mass is 250 g/mol. The molecule has 3 rings (SSSR count). The Labute approximate surface area is 110 Å². The van der Waals surface area contributed by atoms with Crippen molar-refractivity contribution >= 4 is 5.91 Å². The highest BCUT2D eigenvalue weighted by Crippen LogP contribution is 2.35. The summed E-state index contributed by atoms with van der Waals surface area (Å²) in [6, 6.07) is 1.57. The number of nitrogens with one attached hydrogen (secondary N) is 1. The molecule has 0 aromatic heterocycles. The largest absolute Gasteiger partial charge is 0.338 e. The average Bonchev–Trinajstić information content (AvgIpc) is 3.15. The van der Waals surface area contributed by atoms with Crippen LogP contribution in [0.4, 0.5) is 0 Å². The van der Waals surface area contributed by atoms with Crippen LogP contribution in [0.1, 0.15) is 58.3 Å². The molecule has 3 unspecified atom stereocenters. The second-order valence-corrected chi connectivity index (χ2v) is 6.41. The Morgan fingerprint density at radius 1 is 1.33 bits per heavy atom. The summed E-state index contributed by atoms with van der Waals surface area (Å²) in [4.78, 5) is 14.2. The van der Waals surface area contributed by atoms with E-state index >= 15 is 0 Å². The van der Waals surface area contributed by atoms with Crippen LogP contribution in [0.3, 0.4) is 0 Å². The molecule has 2 aliphatic heterocycles. The van der Waals surface area contributed by atoms with Crippen LogP contribution in [-0.4, -0.2) is 35.5 Å². The topological polar surface area (TPSA) is 32.3 Å². The minimum absolute atomic E-state index is 0.387. The summed E-state index contributed by atoms with van der Waals surface area (Å²) >= 11 is 0. The van der Waals surface area contributed by atoms with Gasteiger partial charge in [0, 0.05) is 31.1 Å². The summed E-state index contributed by atoms with van der Waals surface area (Å²) in [6.45, 7) is 3.27. The third-order valence-corrected chi connectivity index (χ3v) is 4.99. The molecule has 1 aliphatic carbocycles. The molecule has 3 nitrogen and oxygen atoms in total. The maximum atomic E-state index is 12.0. The van der Waals surface area contributed by atoms with Crippen molar-refractivity contribution < 1.29 is 4.79 Å². The molecule has 2 saturated heterocycles. The van der Waals surface area contributed by atoms with E-state index in [1.807, 2.05) is 0 Å². The van der Waals surface area contributed by atoms with Crippen molar-refractivity contribution in [2.24, 2.45) is 5.92 Å². The van der Waals surface area contributed by atoms with Gasteiger partial charge in [0.15, 0.2) is 0 Å². The van der Waals surface area contributed by atoms with Gasteiger partial charge in [0.2, 0.25) is 5.91 Å². The first-order valence-corrected chi connectivity index (χ1v) is 7.83. The Hall–Kier alpha value is -0.570. The molecular formula is C15H26N2O. The van der Waals surface area contributed by atoms with Crippen molar-refractivity contribution in [1.82, 2.24) is 10.2 Å². The molecule has 0 bridgehead atoms. The predicted octanol–water partition coefficient (Wildman–Crippen LogP) is 2.31. The highest BCUT2D eigenvalue weighted by molar-refractivity contribution is 5.80. The molecule has 0 spiro atoms. The third-order valence-electron chi connectivity index (χ3n) is 4.99. The molecule has 3 atom stereocenters. The van der Waals surface area contributed by atoms with Gasteiger partial charge in [0.05, 0.1) is 0 Å². The van der Waals surface area contributed by atoms with E-state index in [9.17, 15) is 4.79 Å². The minimum atomic E-state index is 0.387. The third kappa shape index (κ3) is 2.56. The Kier molecular flexibility index (Phi) is 3.60. The number of piperidine rings is 1. The summed E-state index contributed by atoms with van der Waals surface area (Å²) < 4.78 is 0. The lowest BCUT2D eigenvalue weighted by Crippen LogP contribution is -2.48. The van der Waals surface area contributed by atoms with Gasteiger partial charge in [0.25, 0.3) is 0 Å². The van der Waals surface area contributed by atoms with Crippen molar-refractivity contribution in [3.05, 3.63) is 0 Å². The number of hydrogen-bond donors (Lipinski definition) is 1. The first kappa shape index (κ1) is 12.5. The summed E-state index contributed by atoms with van der Waals surface area (Å²) in [7, 11) is 0. The fraction of sp³-hybridized carbons (Fsp3) is 0.933. The standard InChI is InChI=1S/C15H26N2O/c1-2-12(9-11-6-7-11)16-13-10-15(18)17-8-4-3-5-14(13)17/h11-14,16H,2-10H2,1H3. The van der Waals surface area contributed by atoms with E-state index in [0.717, 1.165) is 18.9 Å². The van der Waals surface area contributed by atoms with Gasteiger partial charge in [-0.2, -0.15) is 0 Å². The van der Waals surface area contributed by atoms with Crippen molar-refractivity contribution in [1.29, 1.82) is 0 Å². The molecule has 0 aromatic carbocycles. The van der Waals surface area contributed by atoms with Gasteiger partial charge in [0.1, 0.15) is 0 Å². The molecule has 0 radical (unpaired) electrons. The fourth-order valence-electron chi connectivity index (χ4n) is 3.71. The molecular weight excluding hydrogens is 224 g/mol. The Morgan fingerprint density at radius 3 is 2.89 bits per heavy atom. The Morgan fingerprint density at radius 2 is 2.17 bits per heavy atom. The van der Waals surface area contributed by atoms with Crippen LogP contribution in [0.5, 0.6) is 0 Å². The predicted molar refractivity (Wildman–Crippen MR) is 72.3 cm³/mol. The van der Waals surface area contributed by atoms with E-state index in [4.69, 9.17) is 0 Å². The summed E-state index contributed by atoms with van der Waals surface area (Å²) in [6.07, 6.45) is 9.84. The van der Waals surface area contributed by atoms with Crippen molar-refractivity contribution in [3.8, 4) is 0 Å². The van der Waals surface area contributed by atoms with Gasteiger partial charge in [-0.1, -0.05) is 19.8 Å². The Balaban J connectivity index is 1.58. The van der Waals surface area contributed by atoms with Crippen LogP contribution in [0, 0.1) is 5.92 Å². The smallest absolute Gasteiger partial charge is 0.224 e. The number of hydrogen-bond acceptors (Lipinski definition) is 2. The van der Waals surface area contributed by atoms with Gasteiger partial charge in [-0.05, 0) is 38.0 Å². The molecule has 3 aliphatic rings. The highest BCUT2D eigenvalue weighted by Gasteiger charge is 2.41. The first-order chi connectivity index (χ1) is 8.78. The van der Waals surface area contributed by atoms with Gasteiger partial charge in [-0.3, -0.25) is 4.79 Å². The zero-order valence-corrected chi connectivity index (χ0v) is 11.5. The van der Waals surface area contributed by atoms with Crippen LogP contribution < -0.4 is 5.32 Å². The molecule has 1 amide bonds. The molecule has 2 heterocycles. The van der Waals surface area contributed by atoms with E-state index in [1.54, 1.807) is 0 Å². The summed E-state index contributed by atoms with van der Waals surface area (Å²) in [5, 5.41) is 3.80. The number of nitrogens with zero attached hydrogens (tertiary/aromatic N) is 1. The lowest BCUT2D eigenvalue weighted by atomic mass is 9.97. The molecule has 1 saturated carbocycles. The van der Waals surface area contributed by atoms with E-state index in [1.165, 1.54) is 44.9 Å². The molecule has 3 fully saturated rings. The molecule has 1 N–H and O–H groups in total. The lowest BCUT2D eigenvalue weighted by Gasteiger charge is -2.34. The van der Waals surface area contributed by atoms with Crippen LogP contribution in [0.15, 0.2) is 0 Å². The van der Waals surface area contributed by atoms with Crippen molar-refractivity contribution in [2.45, 2.75) is 76.4 Å². The molecule has 0 aromatic rings. The zero-order valence-electron chi connectivity index (χ0n) is 11.5. The maximum absolute atomic E-state index is 12.0. The lowest BCUT2D eigenvalue weighted by molar-refractivity contribution is -0.129.